The fraction of sp³-hybridized carbons (Fsp3) is 0.294. The van der Waals surface area contributed by atoms with Crippen LogP contribution in [0.2, 0.25) is 0 Å². The minimum absolute atomic E-state index is 0.301. The van der Waals surface area contributed by atoms with Gasteiger partial charge >= 0.3 is 0 Å². The van der Waals surface area contributed by atoms with E-state index in [2.05, 4.69) is 0 Å². The first-order valence-electron chi connectivity index (χ1n) is 7.17. The third kappa shape index (κ3) is 2.25. The van der Waals surface area contributed by atoms with Gasteiger partial charge in [-0.25, -0.2) is 0 Å². The van der Waals surface area contributed by atoms with Gasteiger partial charge in [0.15, 0.2) is 0 Å². The predicted molar refractivity (Wildman–Crippen MR) is 81.3 cm³/mol. The Morgan fingerprint density at radius 2 is 1.00 bits per heavy atom. The summed E-state index contributed by atoms with van der Waals surface area (Å²) < 4.78 is 0.806. The molecule has 3 nitrogen and oxygen atoms in total. The van der Waals surface area contributed by atoms with Gasteiger partial charge in [-0.15, -0.1) is 0 Å². The second-order valence-corrected chi connectivity index (χ2v) is 5.51. The van der Waals surface area contributed by atoms with Crippen molar-refractivity contribution in [1.82, 2.24) is 4.48 Å². The van der Waals surface area contributed by atoms with Crippen LogP contribution in [0.15, 0.2) is 48.5 Å². The highest BCUT2D eigenvalue weighted by molar-refractivity contribution is 5.60. The summed E-state index contributed by atoms with van der Waals surface area (Å²) in [5.41, 5.74) is 2.40. The first kappa shape index (κ1) is 13.0. The average molecular weight is 270 g/mol. The number of phenolic OH excluding ortho intramolecular Hbond substituents is 2. The Morgan fingerprint density at radius 1 is 0.600 bits per heavy atom. The number of benzene rings is 2. The standard InChI is InChI=1S/C17H19NO2/c19-16-8-4-14(5-9-16)18(12-2-1-3-13-18)15-6-10-17(20)11-7-15/h4-11H,1-3,12-13H2,(H-,19,20)/p+1. The molecule has 104 valence electrons. The van der Waals surface area contributed by atoms with Crippen molar-refractivity contribution in [1.29, 1.82) is 0 Å². The molecule has 0 saturated carbocycles. The monoisotopic (exact) mass is 270 g/mol. The molecule has 1 fully saturated rings. The van der Waals surface area contributed by atoms with Gasteiger partial charge in [-0.05, 0) is 43.5 Å². The molecule has 3 rings (SSSR count). The van der Waals surface area contributed by atoms with Crippen LogP contribution in [-0.4, -0.2) is 23.3 Å². The lowest BCUT2D eigenvalue weighted by Crippen LogP contribution is -2.48. The normalized spacial score (nSPS) is 17.8. The Morgan fingerprint density at radius 3 is 1.40 bits per heavy atom. The summed E-state index contributed by atoms with van der Waals surface area (Å²) in [4.78, 5) is 0. The molecule has 1 heterocycles. The number of quaternary nitrogens is 1. The van der Waals surface area contributed by atoms with Crippen LogP contribution < -0.4 is 4.48 Å². The van der Waals surface area contributed by atoms with E-state index in [0.717, 1.165) is 17.6 Å². The first-order valence-corrected chi connectivity index (χ1v) is 7.17. The average Bonchev–Trinajstić information content (AvgIpc) is 2.49. The zero-order valence-electron chi connectivity index (χ0n) is 11.5. The third-order valence-corrected chi connectivity index (χ3v) is 4.27. The maximum absolute atomic E-state index is 9.51. The summed E-state index contributed by atoms with van der Waals surface area (Å²) in [7, 11) is 0. The molecule has 0 bridgehead atoms. The highest BCUT2D eigenvalue weighted by Crippen LogP contribution is 2.39. The van der Waals surface area contributed by atoms with Crippen molar-refractivity contribution >= 4 is 11.4 Å². The number of aromatic hydroxyl groups is 2. The lowest BCUT2D eigenvalue weighted by atomic mass is 10.0. The summed E-state index contributed by atoms with van der Waals surface area (Å²) in [6.45, 7) is 2.13. The van der Waals surface area contributed by atoms with Crippen LogP contribution >= 0.6 is 0 Å². The molecule has 0 radical (unpaired) electrons. The van der Waals surface area contributed by atoms with E-state index in [-0.39, 0.29) is 0 Å². The second kappa shape index (κ2) is 5.17. The van der Waals surface area contributed by atoms with Crippen molar-refractivity contribution in [2.24, 2.45) is 0 Å². The first-order chi connectivity index (χ1) is 9.71. The van der Waals surface area contributed by atoms with E-state index in [1.165, 1.54) is 30.6 Å². The maximum atomic E-state index is 9.51. The van der Waals surface area contributed by atoms with Crippen LogP contribution in [0.5, 0.6) is 11.5 Å². The van der Waals surface area contributed by atoms with Gasteiger partial charge in [0.1, 0.15) is 22.9 Å². The minimum atomic E-state index is 0.301. The van der Waals surface area contributed by atoms with Crippen LogP contribution in [0, 0.1) is 0 Å². The maximum Gasteiger partial charge on any atom is 0.138 e. The highest BCUT2D eigenvalue weighted by atomic mass is 16.3. The van der Waals surface area contributed by atoms with Crippen LogP contribution in [0.4, 0.5) is 11.4 Å². The largest absolute Gasteiger partial charge is 0.508 e. The number of phenols is 2. The molecule has 0 amide bonds. The van der Waals surface area contributed by atoms with Gasteiger partial charge in [-0.2, -0.15) is 0 Å². The quantitative estimate of drug-likeness (QED) is 0.812. The molecule has 1 aliphatic heterocycles. The molecule has 0 aromatic heterocycles. The van der Waals surface area contributed by atoms with Gasteiger partial charge in [-0.1, -0.05) is 0 Å². The second-order valence-electron chi connectivity index (χ2n) is 5.51. The van der Waals surface area contributed by atoms with Crippen LogP contribution in [0.1, 0.15) is 19.3 Å². The Balaban J connectivity index is 2.08. The number of hydrogen-bond acceptors (Lipinski definition) is 2. The van der Waals surface area contributed by atoms with Crippen molar-refractivity contribution in [3.63, 3.8) is 0 Å². The summed E-state index contributed by atoms with van der Waals surface area (Å²) in [5.74, 6) is 0.601. The molecule has 1 aliphatic rings. The molecule has 2 aromatic rings. The lowest BCUT2D eigenvalue weighted by Gasteiger charge is -2.40. The van der Waals surface area contributed by atoms with Crippen molar-refractivity contribution in [3.8, 4) is 11.5 Å². The molecule has 20 heavy (non-hydrogen) atoms. The van der Waals surface area contributed by atoms with E-state index in [4.69, 9.17) is 0 Å². The summed E-state index contributed by atoms with van der Waals surface area (Å²) in [6, 6.07) is 15.0. The lowest BCUT2D eigenvalue weighted by molar-refractivity contribution is 0.315. The molecule has 3 heteroatoms. The molecule has 2 N–H and O–H groups in total. The van der Waals surface area contributed by atoms with E-state index in [1.54, 1.807) is 24.3 Å². The number of piperidine rings is 1. The summed E-state index contributed by atoms with van der Waals surface area (Å²) in [6.07, 6.45) is 3.67. The number of rotatable bonds is 2. The Labute approximate surface area is 119 Å². The Bertz CT molecular complexity index is 521. The molecule has 0 spiro atoms. The molecular weight excluding hydrogens is 250 g/mol. The van der Waals surface area contributed by atoms with E-state index in [0.29, 0.717) is 11.5 Å². The Hall–Kier alpha value is -2.00. The van der Waals surface area contributed by atoms with E-state index >= 15 is 0 Å². The van der Waals surface area contributed by atoms with Crippen LogP contribution in [0.25, 0.3) is 0 Å². The molecule has 2 aromatic carbocycles. The van der Waals surface area contributed by atoms with Crippen molar-refractivity contribution in [2.45, 2.75) is 19.3 Å². The molecule has 1 saturated heterocycles. The zero-order chi connectivity index (χ0) is 14.0. The zero-order valence-corrected chi connectivity index (χ0v) is 11.5. The van der Waals surface area contributed by atoms with Gasteiger partial charge < -0.3 is 10.2 Å². The predicted octanol–water partition coefficient (Wildman–Crippen LogP) is 3.92. The van der Waals surface area contributed by atoms with E-state index in [1.807, 2.05) is 24.3 Å². The van der Waals surface area contributed by atoms with E-state index < -0.39 is 0 Å². The van der Waals surface area contributed by atoms with Crippen LogP contribution in [-0.2, 0) is 0 Å². The molecule has 0 unspecified atom stereocenters. The smallest absolute Gasteiger partial charge is 0.138 e. The molecule has 0 atom stereocenters. The van der Waals surface area contributed by atoms with Crippen molar-refractivity contribution in [3.05, 3.63) is 48.5 Å². The fourth-order valence-corrected chi connectivity index (χ4v) is 3.19. The number of hydrogen-bond donors (Lipinski definition) is 2. The van der Waals surface area contributed by atoms with Crippen LogP contribution in [0.3, 0.4) is 0 Å². The summed E-state index contributed by atoms with van der Waals surface area (Å²) in [5, 5.41) is 19.0. The fourth-order valence-electron chi connectivity index (χ4n) is 3.19. The van der Waals surface area contributed by atoms with Crippen molar-refractivity contribution in [2.75, 3.05) is 13.1 Å². The van der Waals surface area contributed by atoms with Crippen molar-refractivity contribution < 1.29 is 10.2 Å². The third-order valence-electron chi connectivity index (χ3n) is 4.27. The topological polar surface area (TPSA) is 40.5 Å². The Kier molecular flexibility index (Phi) is 3.36. The molecule has 0 aliphatic carbocycles. The van der Waals surface area contributed by atoms with Gasteiger partial charge in [0.2, 0.25) is 0 Å². The summed E-state index contributed by atoms with van der Waals surface area (Å²) >= 11 is 0. The van der Waals surface area contributed by atoms with Gasteiger partial charge in [-0.3, -0.25) is 4.48 Å². The SMILES string of the molecule is Oc1ccc([N+]2(c3ccc(O)cc3)CCCCC2)cc1. The molecular formula is C17H20NO2+. The minimum Gasteiger partial charge on any atom is -0.508 e. The van der Waals surface area contributed by atoms with Gasteiger partial charge in [0.05, 0.1) is 13.1 Å². The highest BCUT2D eigenvalue weighted by Gasteiger charge is 2.35. The van der Waals surface area contributed by atoms with Gasteiger partial charge in [0.25, 0.3) is 0 Å². The van der Waals surface area contributed by atoms with E-state index in [9.17, 15) is 10.2 Å². The number of nitrogens with zero attached hydrogens (tertiary/aromatic N) is 1. The van der Waals surface area contributed by atoms with Gasteiger partial charge in [0, 0.05) is 24.3 Å².